The van der Waals surface area contributed by atoms with Crippen molar-refractivity contribution in [3.8, 4) is 6.07 Å². The van der Waals surface area contributed by atoms with E-state index in [1.165, 1.54) is 4.21 Å². The van der Waals surface area contributed by atoms with Gasteiger partial charge in [-0.1, -0.05) is 13.0 Å². The predicted molar refractivity (Wildman–Crippen MR) is 67.3 cm³/mol. The van der Waals surface area contributed by atoms with Gasteiger partial charge in [-0.15, -0.1) is 23.1 Å². The van der Waals surface area contributed by atoms with Crippen LogP contribution < -0.4 is 5.32 Å². The maximum Gasteiger partial charge on any atom is 0.104 e. The molecule has 1 heterocycles. The molecule has 0 saturated heterocycles. The van der Waals surface area contributed by atoms with Crippen LogP contribution in [-0.2, 0) is 0 Å². The molecule has 4 heteroatoms. The molecule has 0 aliphatic heterocycles. The molecule has 2 nitrogen and oxygen atoms in total. The van der Waals surface area contributed by atoms with Gasteiger partial charge in [0.25, 0.3) is 0 Å². The van der Waals surface area contributed by atoms with E-state index in [1.807, 2.05) is 25.7 Å². The first kappa shape index (κ1) is 12.6. The summed E-state index contributed by atoms with van der Waals surface area (Å²) < 4.78 is 1.32. The topological polar surface area (TPSA) is 35.8 Å². The maximum atomic E-state index is 9.04. The normalized spacial score (nSPS) is 16.7. The minimum Gasteiger partial charge on any atom is -0.303 e. The van der Waals surface area contributed by atoms with E-state index in [4.69, 9.17) is 5.26 Å². The van der Waals surface area contributed by atoms with Crippen molar-refractivity contribution in [3.63, 3.8) is 0 Å². The van der Waals surface area contributed by atoms with E-state index in [2.05, 4.69) is 35.8 Å². The lowest BCUT2D eigenvalue weighted by Gasteiger charge is -2.23. The third-order valence-electron chi connectivity index (χ3n) is 2.31. The van der Waals surface area contributed by atoms with Crippen molar-refractivity contribution in [2.45, 2.75) is 35.3 Å². The fraction of sp³-hybridized carbons (Fsp3) is 0.545. The number of hydrogen-bond donors (Lipinski definition) is 1. The SMILES string of the molecule is CNC(C)(C#N)CC(C)Sc1cccs1. The van der Waals surface area contributed by atoms with E-state index in [0.29, 0.717) is 5.25 Å². The van der Waals surface area contributed by atoms with Crippen LogP contribution in [0.3, 0.4) is 0 Å². The molecule has 1 aromatic heterocycles. The van der Waals surface area contributed by atoms with Crippen molar-refractivity contribution in [1.29, 1.82) is 5.26 Å². The molecule has 0 aromatic carbocycles. The van der Waals surface area contributed by atoms with Crippen molar-refractivity contribution >= 4 is 23.1 Å². The zero-order valence-electron chi connectivity index (χ0n) is 9.28. The van der Waals surface area contributed by atoms with E-state index in [-0.39, 0.29) is 0 Å². The van der Waals surface area contributed by atoms with Crippen molar-refractivity contribution in [1.82, 2.24) is 5.32 Å². The summed E-state index contributed by atoms with van der Waals surface area (Å²) >= 11 is 3.59. The monoisotopic (exact) mass is 240 g/mol. The lowest BCUT2D eigenvalue weighted by molar-refractivity contribution is 0.455. The maximum absolute atomic E-state index is 9.04. The third kappa shape index (κ3) is 3.86. The van der Waals surface area contributed by atoms with Gasteiger partial charge >= 0.3 is 0 Å². The number of rotatable bonds is 5. The lowest BCUT2D eigenvalue weighted by Crippen LogP contribution is -2.40. The van der Waals surface area contributed by atoms with Gasteiger partial charge in [0.15, 0.2) is 0 Å². The Bertz CT molecular complexity index is 329. The second-order valence-electron chi connectivity index (χ2n) is 3.76. The van der Waals surface area contributed by atoms with Crippen LogP contribution >= 0.6 is 23.1 Å². The Balaban J connectivity index is 2.49. The summed E-state index contributed by atoms with van der Waals surface area (Å²) in [7, 11) is 1.84. The van der Waals surface area contributed by atoms with Gasteiger partial charge in [0.05, 0.1) is 10.3 Å². The first-order chi connectivity index (χ1) is 7.09. The summed E-state index contributed by atoms with van der Waals surface area (Å²) in [4.78, 5) is 0. The summed E-state index contributed by atoms with van der Waals surface area (Å²) in [6, 6.07) is 6.49. The lowest BCUT2D eigenvalue weighted by atomic mass is 9.98. The van der Waals surface area contributed by atoms with Crippen LogP contribution in [0, 0.1) is 11.3 Å². The number of thiophene rings is 1. The highest BCUT2D eigenvalue weighted by molar-refractivity contribution is 8.01. The quantitative estimate of drug-likeness (QED) is 0.803. The highest BCUT2D eigenvalue weighted by atomic mass is 32.2. The molecule has 0 spiro atoms. The van der Waals surface area contributed by atoms with Gasteiger partial charge in [-0.25, -0.2) is 0 Å². The second-order valence-corrected chi connectivity index (χ2v) is 6.44. The average Bonchev–Trinajstić information content (AvgIpc) is 2.70. The van der Waals surface area contributed by atoms with Crippen molar-refractivity contribution in [2.24, 2.45) is 0 Å². The predicted octanol–water partition coefficient (Wildman–Crippen LogP) is 3.12. The molecule has 0 amide bonds. The molecule has 0 aliphatic rings. The number of nitrogens with one attached hydrogen (secondary N) is 1. The summed E-state index contributed by atoms with van der Waals surface area (Å²) in [6.07, 6.45) is 0.850. The summed E-state index contributed by atoms with van der Waals surface area (Å²) in [6.45, 7) is 4.11. The molecular weight excluding hydrogens is 224 g/mol. The molecule has 0 aliphatic carbocycles. The molecule has 82 valence electrons. The van der Waals surface area contributed by atoms with Gasteiger partial charge in [0.1, 0.15) is 5.54 Å². The Hall–Kier alpha value is -0.500. The van der Waals surface area contributed by atoms with Crippen LogP contribution in [0.5, 0.6) is 0 Å². The minimum absolute atomic E-state index is 0.413. The molecule has 1 aromatic rings. The van der Waals surface area contributed by atoms with Crippen molar-refractivity contribution in [2.75, 3.05) is 7.05 Å². The molecule has 1 rings (SSSR count). The number of hydrogen-bond acceptors (Lipinski definition) is 4. The number of nitrogens with zero attached hydrogens (tertiary/aromatic N) is 1. The molecule has 0 bridgehead atoms. The fourth-order valence-electron chi connectivity index (χ4n) is 1.35. The molecule has 0 saturated carbocycles. The molecular formula is C11H16N2S2. The van der Waals surface area contributed by atoms with Crippen LogP contribution in [0.1, 0.15) is 20.3 Å². The zero-order chi connectivity index (χ0) is 11.3. The Morgan fingerprint density at radius 1 is 1.73 bits per heavy atom. The molecule has 0 radical (unpaired) electrons. The zero-order valence-corrected chi connectivity index (χ0v) is 10.9. The van der Waals surface area contributed by atoms with Crippen LogP contribution in [0.4, 0.5) is 0 Å². The van der Waals surface area contributed by atoms with Crippen molar-refractivity contribution in [3.05, 3.63) is 17.5 Å². The Morgan fingerprint density at radius 2 is 2.47 bits per heavy atom. The molecule has 2 unspecified atom stereocenters. The molecule has 2 atom stereocenters. The van der Waals surface area contributed by atoms with Gasteiger partial charge < -0.3 is 5.32 Å². The average molecular weight is 240 g/mol. The first-order valence-electron chi connectivity index (χ1n) is 4.90. The molecule has 15 heavy (non-hydrogen) atoms. The highest BCUT2D eigenvalue weighted by Gasteiger charge is 2.24. The number of thioether (sulfide) groups is 1. The molecule has 0 fully saturated rings. The number of nitriles is 1. The standard InChI is InChI=1S/C11H16N2S2/c1-9(7-11(2,8-12)13-3)15-10-5-4-6-14-10/h4-6,9,13H,7H2,1-3H3. The first-order valence-corrected chi connectivity index (χ1v) is 6.66. The van der Waals surface area contributed by atoms with Gasteiger partial charge in [-0.2, -0.15) is 5.26 Å². The Labute approximate surface area is 99.7 Å². The summed E-state index contributed by atoms with van der Waals surface area (Å²) in [5.74, 6) is 0. The van der Waals surface area contributed by atoms with Gasteiger partial charge in [0, 0.05) is 5.25 Å². The Kier molecular flexibility index (Phi) is 4.65. The second kappa shape index (κ2) is 5.55. The van der Waals surface area contributed by atoms with E-state index >= 15 is 0 Å². The largest absolute Gasteiger partial charge is 0.303 e. The van der Waals surface area contributed by atoms with Crippen LogP contribution in [-0.4, -0.2) is 17.8 Å². The van der Waals surface area contributed by atoms with Crippen LogP contribution in [0.25, 0.3) is 0 Å². The fourth-order valence-corrected chi connectivity index (χ4v) is 3.65. The summed E-state index contributed by atoms with van der Waals surface area (Å²) in [5.41, 5.74) is -0.413. The minimum atomic E-state index is -0.413. The smallest absolute Gasteiger partial charge is 0.104 e. The summed E-state index contributed by atoms with van der Waals surface area (Å²) in [5, 5.41) is 14.6. The van der Waals surface area contributed by atoms with E-state index < -0.39 is 5.54 Å². The van der Waals surface area contributed by atoms with Gasteiger partial charge in [0.2, 0.25) is 0 Å². The van der Waals surface area contributed by atoms with Gasteiger partial charge in [-0.05, 0) is 31.8 Å². The molecule has 1 N–H and O–H groups in total. The van der Waals surface area contributed by atoms with Gasteiger partial charge in [-0.3, -0.25) is 0 Å². The van der Waals surface area contributed by atoms with Crippen LogP contribution in [0.2, 0.25) is 0 Å². The van der Waals surface area contributed by atoms with E-state index in [0.717, 1.165) is 6.42 Å². The van der Waals surface area contributed by atoms with E-state index in [9.17, 15) is 0 Å². The highest BCUT2D eigenvalue weighted by Crippen LogP contribution is 2.31. The Morgan fingerprint density at radius 3 is 2.93 bits per heavy atom. The van der Waals surface area contributed by atoms with Crippen LogP contribution in [0.15, 0.2) is 21.7 Å². The third-order valence-corrected chi connectivity index (χ3v) is 4.48. The van der Waals surface area contributed by atoms with Crippen molar-refractivity contribution < 1.29 is 0 Å². The van der Waals surface area contributed by atoms with E-state index in [1.54, 1.807) is 11.3 Å².